The molecule has 2 amide bonds. The second-order valence-electron chi connectivity index (χ2n) is 9.49. The largest absolute Gasteiger partial charge is 0.491 e. The first-order valence-corrected chi connectivity index (χ1v) is 13.1. The standard InChI is InChI=1S/C27H28Cl2N2O3S/c1-27(2,3)31(26(33)18-5-4-6-20(29)15-18)16-25(32)30-13-11-24-22(12-14-35-24)23(30)17-34-21-9-7-19(28)8-10-21/h4-10,12,14-15,23H,11,13,16-17H2,1-3H3. The molecule has 0 saturated heterocycles. The lowest BCUT2D eigenvalue weighted by atomic mass is 9.99. The highest BCUT2D eigenvalue weighted by Crippen LogP contribution is 2.34. The maximum Gasteiger partial charge on any atom is 0.254 e. The van der Waals surface area contributed by atoms with Crippen LogP contribution >= 0.6 is 34.5 Å². The normalized spacial score (nSPS) is 15.5. The maximum absolute atomic E-state index is 13.7. The molecule has 2 aromatic carbocycles. The first kappa shape index (κ1) is 25.5. The van der Waals surface area contributed by atoms with E-state index in [1.165, 1.54) is 4.88 Å². The summed E-state index contributed by atoms with van der Waals surface area (Å²) in [6, 6.07) is 15.8. The van der Waals surface area contributed by atoms with Crippen LogP contribution in [0.2, 0.25) is 10.0 Å². The molecular weight excluding hydrogens is 503 g/mol. The monoisotopic (exact) mass is 530 g/mol. The predicted molar refractivity (Wildman–Crippen MR) is 142 cm³/mol. The molecule has 1 aliphatic heterocycles. The van der Waals surface area contributed by atoms with Crippen LogP contribution in [0, 0.1) is 0 Å². The molecule has 35 heavy (non-hydrogen) atoms. The van der Waals surface area contributed by atoms with Crippen LogP contribution in [-0.2, 0) is 11.2 Å². The minimum atomic E-state index is -0.562. The van der Waals surface area contributed by atoms with Gasteiger partial charge in [-0.15, -0.1) is 11.3 Å². The number of carbonyl (C=O) groups is 2. The molecule has 0 radical (unpaired) electrons. The molecule has 184 valence electrons. The number of halogens is 2. The lowest BCUT2D eigenvalue weighted by molar-refractivity contribution is -0.136. The molecule has 1 atom stereocenters. The number of ether oxygens (including phenoxy) is 1. The van der Waals surface area contributed by atoms with E-state index in [-0.39, 0.29) is 24.4 Å². The van der Waals surface area contributed by atoms with Crippen molar-refractivity contribution in [2.45, 2.75) is 38.8 Å². The van der Waals surface area contributed by atoms with Crippen molar-refractivity contribution in [3.8, 4) is 5.75 Å². The summed E-state index contributed by atoms with van der Waals surface area (Å²) in [4.78, 5) is 31.8. The van der Waals surface area contributed by atoms with Crippen LogP contribution in [0.25, 0.3) is 0 Å². The SMILES string of the molecule is CC(C)(C)N(CC(=O)N1CCc2sccc2C1COc1ccc(Cl)cc1)C(=O)c1cccc(Cl)c1. The molecular formula is C27H28Cl2N2O3S. The number of hydrogen-bond donors (Lipinski definition) is 0. The fraction of sp³-hybridized carbons (Fsp3) is 0.333. The Balaban J connectivity index is 1.56. The predicted octanol–water partition coefficient (Wildman–Crippen LogP) is 6.50. The Bertz CT molecular complexity index is 1200. The van der Waals surface area contributed by atoms with E-state index < -0.39 is 5.54 Å². The van der Waals surface area contributed by atoms with Gasteiger partial charge < -0.3 is 14.5 Å². The highest BCUT2D eigenvalue weighted by Gasteiger charge is 2.36. The van der Waals surface area contributed by atoms with Crippen LogP contribution in [0.3, 0.4) is 0 Å². The van der Waals surface area contributed by atoms with E-state index in [9.17, 15) is 9.59 Å². The summed E-state index contributed by atoms with van der Waals surface area (Å²) in [7, 11) is 0. The summed E-state index contributed by atoms with van der Waals surface area (Å²) in [6.45, 7) is 6.63. The van der Waals surface area contributed by atoms with Crippen molar-refractivity contribution in [3.05, 3.63) is 86.0 Å². The molecule has 4 rings (SSSR count). The summed E-state index contributed by atoms with van der Waals surface area (Å²) in [6.07, 6.45) is 0.786. The van der Waals surface area contributed by atoms with Crippen molar-refractivity contribution in [3.63, 3.8) is 0 Å². The van der Waals surface area contributed by atoms with E-state index in [0.29, 0.717) is 34.5 Å². The van der Waals surface area contributed by atoms with Gasteiger partial charge in [-0.2, -0.15) is 0 Å². The van der Waals surface area contributed by atoms with Gasteiger partial charge in [-0.3, -0.25) is 9.59 Å². The van der Waals surface area contributed by atoms with Gasteiger partial charge in [0.1, 0.15) is 18.9 Å². The third-order valence-electron chi connectivity index (χ3n) is 6.06. The van der Waals surface area contributed by atoms with Crippen LogP contribution < -0.4 is 4.74 Å². The summed E-state index contributed by atoms with van der Waals surface area (Å²) >= 11 is 13.8. The average Bonchev–Trinajstić information content (AvgIpc) is 3.30. The third kappa shape index (κ3) is 6.00. The van der Waals surface area contributed by atoms with Gasteiger partial charge in [-0.25, -0.2) is 0 Å². The molecule has 5 nitrogen and oxygen atoms in total. The summed E-state index contributed by atoms with van der Waals surface area (Å²) in [5.74, 6) is 0.351. The number of rotatable bonds is 6. The van der Waals surface area contributed by atoms with Crippen molar-refractivity contribution in [2.24, 2.45) is 0 Å². The molecule has 8 heteroatoms. The second-order valence-corrected chi connectivity index (χ2v) is 11.4. The average molecular weight is 532 g/mol. The van der Waals surface area contributed by atoms with Gasteiger partial charge in [0, 0.05) is 32.6 Å². The topological polar surface area (TPSA) is 49.9 Å². The van der Waals surface area contributed by atoms with E-state index in [1.54, 1.807) is 52.6 Å². The Morgan fingerprint density at radius 1 is 1.09 bits per heavy atom. The van der Waals surface area contributed by atoms with Gasteiger partial charge in [0.05, 0.1) is 6.04 Å². The lowest BCUT2D eigenvalue weighted by Gasteiger charge is -2.40. The lowest BCUT2D eigenvalue weighted by Crippen LogP contribution is -2.53. The van der Waals surface area contributed by atoms with Crippen molar-refractivity contribution < 1.29 is 14.3 Å². The molecule has 0 N–H and O–H groups in total. The zero-order chi connectivity index (χ0) is 25.2. The van der Waals surface area contributed by atoms with Gasteiger partial charge in [-0.1, -0.05) is 29.3 Å². The van der Waals surface area contributed by atoms with Gasteiger partial charge in [0.25, 0.3) is 5.91 Å². The Hall–Kier alpha value is -2.54. The van der Waals surface area contributed by atoms with Gasteiger partial charge >= 0.3 is 0 Å². The molecule has 0 spiro atoms. The Morgan fingerprint density at radius 2 is 1.83 bits per heavy atom. The van der Waals surface area contributed by atoms with E-state index >= 15 is 0 Å². The molecule has 0 saturated carbocycles. The number of hydrogen-bond acceptors (Lipinski definition) is 4. The van der Waals surface area contributed by atoms with Gasteiger partial charge in [0.2, 0.25) is 5.91 Å². The fourth-order valence-corrected chi connectivity index (χ4v) is 5.44. The second kappa shape index (κ2) is 10.6. The van der Waals surface area contributed by atoms with Crippen LogP contribution in [0.15, 0.2) is 60.0 Å². The van der Waals surface area contributed by atoms with Crippen molar-refractivity contribution in [2.75, 3.05) is 19.7 Å². The van der Waals surface area contributed by atoms with E-state index in [0.717, 1.165) is 12.0 Å². The van der Waals surface area contributed by atoms with E-state index in [2.05, 4.69) is 11.4 Å². The Labute approximate surface area is 220 Å². The highest BCUT2D eigenvalue weighted by molar-refractivity contribution is 7.10. The van der Waals surface area contributed by atoms with Gasteiger partial charge in [0.15, 0.2) is 0 Å². The Kier molecular flexibility index (Phi) is 7.74. The minimum Gasteiger partial charge on any atom is -0.491 e. The summed E-state index contributed by atoms with van der Waals surface area (Å²) in [5, 5.41) is 3.17. The summed E-state index contributed by atoms with van der Waals surface area (Å²) in [5.41, 5.74) is 1.00. The number of nitrogens with zero attached hydrogens (tertiary/aromatic N) is 2. The first-order valence-electron chi connectivity index (χ1n) is 11.4. The molecule has 3 aromatic rings. The highest BCUT2D eigenvalue weighted by atomic mass is 35.5. The molecule has 1 aliphatic rings. The molecule has 1 unspecified atom stereocenters. The van der Waals surface area contributed by atoms with Gasteiger partial charge in [-0.05, 0) is 86.7 Å². The van der Waals surface area contributed by atoms with Crippen LogP contribution in [0.5, 0.6) is 5.75 Å². The number of fused-ring (bicyclic) bond motifs is 1. The zero-order valence-electron chi connectivity index (χ0n) is 20.0. The number of carbonyl (C=O) groups excluding carboxylic acids is 2. The van der Waals surface area contributed by atoms with Crippen LogP contribution in [-0.4, -0.2) is 46.8 Å². The molecule has 2 heterocycles. The van der Waals surface area contributed by atoms with E-state index in [4.69, 9.17) is 27.9 Å². The third-order valence-corrected chi connectivity index (χ3v) is 7.54. The van der Waals surface area contributed by atoms with Crippen molar-refractivity contribution in [1.82, 2.24) is 9.80 Å². The van der Waals surface area contributed by atoms with E-state index in [1.807, 2.05) is 37.8 Å². The molecule has 0 aliphatic carbocycles. The van der Waals surface area contributed by atoms with Crippen molar-refractivity contribution >= 4 is 46.4 Å². The van der Waals surface area contributed by atoms with Crippen LogP contribution in [0.4, 0.5) is 0 Å². The number of thiophene rings is 1. The van der Waals surface area contributed by atoms with Crippen molar-refractivity contribution in [1.29, 1.82) is 0 Å². The molecule has 1 aromatic heterocycles. The summed E-state index contributed by atoms with van der Waals surface area (Å²) < 4.78 is 6.07. The maximum atomic E-state index is 13.7. The van der Waals surface area contributed by atoms with Crippen LogP contribution in [0.1, 0.15) is 47.6 Å². The zero-order valence-corrected chi connectivity index (χ0v) is 22.3. The quantitative estimate of drug-likeness (QED) is 0.365. The smallest absolute Gasteiger partial charge is 0.254 e. The Morgan fingerprint density at radius 3 is 2.51 bits per heavy atom. The number of benzene rings is 2. The number of amides is 2. The fourth-order valence-electron chi connectivity index (χ4n) is 4.20. The first-order chi connectivity index (χ1) is 16.6. The molecule has 0 bridgehead atoms. The molecule has 0 fully saturated rings. The minimum absolute atomic E-state index is 0.0360.